The van der Waals surface area contributed by atoms with Crippen LogP contribution in [0.15, 0.2) is 42.6 Å². The Hall–Kier alpha value is -2.07. The summed E-state index contributed by atoms with van der Waals surface area (Å²) in [5.41, 5.74) is 3.08. The van der Waals surface area contributed by atoms with Crippen LogP contribution in [0.5, 0.6) is 0 Å². The monoisotopic (exact) mass is 285 g/mol. The highest BCUT2D eigenvalue weighted by Crippen LogP contribution is 2.13. The number of nitrogens with zero attached hydrogens (tertiary/aromatic N) is 1. The van der Waals surface area contributed by atoms with E-state index in [0.29, 0.717) is 6.54 Å². The Labute approximate surface area is 126 Å². The molecule has 0 bridgehead atoms. The Balaban J connectivity index is 1.94. The summed E-state index contributed by atoms with van der Waals surface area (Å²) >= 11 is 0. The van der Waals surface area contributed by atoms with Crippen molar-refractivity contribution in [3.05, 3.63) is 53.9 Å². The fourth-order valence-corrected chi connectivity index (χ4v) is 2.22. The van der Waals surface area contributed by atoms with Crippen LogP contribution < -0.4 is 10.6 Å². The van der Waals surface area contributed by atoms with Gasteiger partial charge in [-0.1, -0.05) is 25.1 Å². The quantitative estimate of drug-likeness (QED) is 0.768. The van der Waals surface area contributed by atoms with Crippen molar-refractivity contribution in [3.8, 4) is 0 Å². The topological polar surface area (TPSA) is 46.1 Å². The second-order valence-corrected chi connectivity index (χ2v) is 5.17. The molecule has 4 heteroatoms. The van der Waals surface area contributed by atoms with Crippen LogP contribution in [0.2, 0.25) is 0 Å². The lowest BCUT2D eigenvalue weighted by Gasteiger charge is -2.11. The van der Waals surface area contributed by atoms with Gasteiger partial charge in [0.2, 0.25) is 5.91 Å². The normalized spacial score (nSPS) is 10.6. The number of carbonyl (C=O) groups excluding carboxylic acids is 1. The van der Waals surface area contributed by atoms with Crippen molar-refractivity contribution in [2.75, 3.05) is 11.9 Å². The molecule has 0 atom stereocenters. The minimum absolute atomic E-state index is 0.00255. The van der Waals surface area contributed by atoms with Crippen LogP contribution in [0, 0.1) is 6.92 Å². The van der Waals surface area contributed by atoms with Crippen LogP contribution in [0.1, 0.15) is 24.6 Å². The van der Waals surface area contributed by atoms with Gasteiger partial charge in [-0.3, -0.25) is 4.79 Å². The first-order valence-corrected chi connectivity index (χ1v) is 7.41. The third-order valence-corrected chi connectivity index (χ3v) is 3.39. The number of amides is 1. The van der Waals surface area contributed by atoms with Crippen molar-refractivity contribution >= 4 is 11.6 Å². The zero-order valence-corrected chi connectivity index (χ0v) is 12.7. The number of aryl methyl sites for hydroxylation is 1. The van der Waals surface area contributed by atoms with Gasteiger partial charge in [-0.25, -0.2) is 0 Å². The summed E-state index contributed by atoms with van der Waals surface area (Å²) < 4.78 is 1.98. The molecule has 21 heavy (non-hydrogen) atoms. The molecule has 1 aromatic heterocycles. The summed E-state index contributed by atoms with van der Waals surface area (Å²) in [5.74, 6) is -0.00255. The molecule has 0 unspecified atom stereocenters. The minimum Gasteiger partial charge on any atom is -0.341 e. The summed E-state index contributed by atoms with van der Waals surface area (Å²) in [6.07, 6.45) is 3.05. The molecule has 0 aliphatic heterocycles. The van der Waals surface area contributed by atoms with Gasteiger partial charge < -0.3 is 15.2 Å². The van der Waals surface area contributed by atoms with E-state index in [4.69, 9.17) is 0 Å². The van der Waals surface area contributed by atoms with Gasteiger partial charge in [-0.15, -0.1) is 0 Å². The average Bonchev–Trinajstić information content (AvgIpc) is 2.89. The second-order valence-electron chi connectivity index (χ2n) is 5.17. The maximum Gasteiger partial charge on any atom is 0.244 e. The molecule has 0 fully saturated rings. The summed E-state index contributed by atoms with van der Waals surface area (Å²) in [7, 11) is 0. The van der Waals surface area contributed by atoms with Gasteiger partial charge in [0.05, 0.1) is 0 Å². The molecule has 0 saturated heterocycles. The van der Waals surface area contributed by atoms with E-state index in [1.54, 1.807) is 0 Å². The van der Waals surface area contributed by atoms with E-state index >= 15 is 0 Å². The number of anilines is 1. The molecule has 1 amide bonds. The third kappa shape index (κ3) is 4.46. The number of para-hydroxylation sites is 1. The van der Waals surface area contributed by atoms with Crippen LogP contribution in [0.4, 0.5) is 5.69 Å². The number of hydrogen-bond donors (Lipinski definition) is 2. The Morgan fingerprint density at radius 1 is 1.19 bits per heavy atom. The molecule has 0 spiro atoms. The fraction of sp³-hybridized carbons (Fsp3) is 0.353. The smallest absolute Gasteiger partial charge is 0.244 e. The van der Waals surface area contributed by atoms with E-state index in [1.807, 2.05) is 54.1 Å². The van der Waals surface area contributed by atoms with Crippen molar-refractivity contribution < 1.29 is 4.79 Å². The van der Waals surface area contributed by atoms with E-state index in [9.17, 15) is 4.79 Å². The molecule has 2 N–H and O–H groups in total. The van der Waals surface area contributed by atoms with E-state index in [-0.39, 0.29) is 5.91 Å². The lowest BCUT2D eigenvalue weighted by Crippen LogP contribution is -2.22. The predicted molar refractivity (Wildman–Crippen MR) is 86.2 cm³/mol. The lowest BCUT2D eigenvalue weighted by atomic mass is 10.2. The van der Waals surface area contributed by atoms with E-state index < -0.39 is 0 Å². The predicted octanol–water partition coefficient (Wildman–Crippen LogP) is 2.93. The van der Waals surface area contributed by atoms with Gasteiger partial charge in [-0.05, 0) is 43.7 Å². The lowest BCUT2D eigenvalue weighted by molar-refractivity contribution is -0.116. The number of carbonyl (C=O) groups is 1. The molecule has 0 saturated carbocycles. The zero-order chi connectivity index (χ0) is 15.1. The first kappa shape index (κ1) is 15.3. The highest BCUT2D eigenvalue weighted by Gasteiger charge is 2.07. The van der Waals surface area contributed by atoms with Crippen molar-refractivity contribution in [2.24, 2.45) is 0 Å². The van der Waals surface area contributed by atoms with E-state index in [2.05, 4.69) is 17.6 Å². The van der Waals surface area contributed by atoms with E-state index in [0.717, 1.165) is 36.5 Å². The van der Waals surface area contributed by atoms with Crippen LogP contribution in [-0.2, 0) is 17.9 Å². The Bertz CT molecular complexity index is 589. The molecular weight excluding hydrogens is 262 g/mol. The van der Waals surface area contributed by atoms with Crippen LogP contribution in [0.3, 0.4) is 0 Å². The molecule has 0 aliphatic carbocycles. The van der Waals surface area contributed by atoms with Crippen molar-refractivity contribution in [3.63, 3.8) is 0 Å². The van der Waals surface area contributed by atoms with Crippen LogP contribution >= 0.6 is 0 Å². The molecular formula is C17H23N3O. The molecule has 4 nitrogen and oxygen atoms in total. The molecule has 0 aliphatic rings. The number of nitrogens with one attached hydrogen (secondary N) is 2. The highest BCUT2D eigenvalue weighted by molar-refractivity contribution is 5.91. The molecule has 1 heterocycles. The zero-order valence-electron chi connectivity index (χ0n) is 12.7. The van der Waals surface area contributed by atoms with Gasteiger partial charge >= 0.3 is 0 Å². The van der Waals surface area contributed by atoms with Crippen molar-refractivity contribution in [1.82, 2.24) is 9.88 Å². The third-order valence-electron chi connectivity index (χ3n) is 3.39. The van der Waals surface area contributed by atoms with Gasteiger partial charge in [0, 0.05) is 24.1 Å². The maximum atomic E-state index is 12.2. The Kier molecular flexibility index (Phi) is 5.58. The van der Waals surface area contributed by atoms with Crippen molar-refractivity contribution in [2.45, 2.75) is 33.4 Å². The van der Waals surface area contributed by atoms with Gasteiger partial charge in [0.15, 0.2) is 0 Å². The average molecular weight is 285 g/mol. The van der Waals surface area contributed by atoms with Gasteiger partial charge in [0.25, 0.3) is 0 Å². The number of rotatable bonds is 7. The minimum atomic E-state index is -0.00255. The number of benzene rings is 1. The Morgan fingerprint density at radius 3 is 2.76 bits per heavy atom. The van der Waals surface area contributed by atoms with Gasteiger partial charge in [0.1, 0.15) is 6.54 Å². The molecule has 1 aromatic carbocycles. The van der Waals surface area contributed by atoms with Crippen molar-refractivity contribution in [1.29, 1.82) is 0 Å². The number of aromatic nitrogens is 1. The van der Waals surface area contributed by atoms with Gasteiger partial charge in [-0.2, -0.15) is 0 Å². The SMILES string of the molecule is CCCNCc1cccn1CC(=O)Nc1ccccc1C. The first-order chi connectivity index (χ1) is 10.2. The Morgan fingerprint density at radius 2 is 2.00 bits per heavy atom. The number of hydrogen-bond acceptors (Lipinski definition) is 2. The highest BCUT2D eigenvalue weighted by atomic mass is 16.1. The summed E-state index contributed by atoms with van der Waals surface area (Å²) in [6.45, 7) is 6.25. The first-order valence-electron chi connectivity index (χ1n) is 7.41. The summed E-state index contributed by atoms with van der Waals surface area (Å²) in [4.78, 5) is 12.2. The van der Waals surface area contributed by atoms with Crippen LogP contribution in [-0.4, -0.2) is 17.0 Å². The molecule has 0 radical (unpaired) electrons. The summed E-state index contributed by atoms with van der Waals surface area (Å²) in [6, 6.07) is 11.8. The standard InChI is InChI=1S/C17H23N3O/c1-3-10-18-12-15-8-6-11-20(15)13-17(21)19-16-9-5-4-7-14(16)2/h4-9,11,18H,3,10,12-13H2,1-2H3,(H,19,21). The fourth-order valence-electron chi connectivity index (χ4n) is 2.22. The second kappa shape index (κ2) is 7.64. The van der Waals surface area contributed by atoms with Crippen LogP contribution in [0.25, 0.3) is 0 Å². The molecule has 2 aromatic rings. The maximum absolute atomic E-state index is 12.2. The summed E-state index contributed by atoms with van der Waals surface area (Å²) in [5, 5.41) is 6.32. The largest absolute Gasteiger partial charge is 0.341 e. The molecule has 112 valence electrons. The molecule has 2 rings (SSSR count). The van der Waals surface area contributed by atoms with E-state index in [1.165, 1.54) is 0 Å².